The molecule has 0 atom stereocenters. The Kier molecular flexibility index (Phi) is 8.27. The number of unbranched alkanes of at least 4 members (excludes halogenated alkanes) is 6. The monoisotopic (exact) mass is 279 g/mol. The van der Waals surface area contributed by atoms with E-state index in [9.17, 15) is 4.79 Å². The molecule has 0 aliphatic rings. The Morgan fingerprint density at radius 3 is 2.30 bits per heavy atom. The first kappa shape index (κ1) is 16.3. The number of rotatable bonds is 9. The fourth-order valence-corrected chi connectivity index (χ4v) is 1.92. The van der Waals surface area contributed by atoms with Crippen molar-refractivity contribution in [1.29, 1.82) is 0 Å². The molecular weight excluding hydrogens is 254 g/mol. The lowest BCUT2D eigenvalue weighted by Crippen LogP contribution is -2.14. The second-order valence-electron chi connectivity index (χ2n) is 4.93. The maximum absolute atomic E-state index is 11.5. The number of carbonyl (C=O) groups is 1. The van der Waals surface area contributed by atoms with Crippen LogP contribution in [-0.4, -0.2) is 17.8 Å². The summed E-state index contributed by atoms with van der Waals surface area (Å²) in [5.41, 5.74) is 0.618. The third-order valence-electron chi connectivity index (χ3n) is 3.09. The molecule has 4 nitrogen and oxygen atoms in total. The minimum Gasteiger partial charge on any atom is -0.508 e. The Labute approximate surface area is 121 Å². The van der Waals surface area contributed by atoms with Crippen molar-refractivity contribution in [3.8, 4) is 5.75 Å². The zero-order chi connectivity index (χ0) is 14.6. The number of amides is 1. The van der Waals surface area contributed by atoms with Gasteiger partial charge in [0, 0.05) is 5.69 Å². The van der Waals surface area contributed by atoms with Crippen molar-refractivity contribution < 1.29 is 14.6 Å². The van der Waals surface area contributed by atoms with E-state index in [1.807, 2.05) is 0 Å². The molecule has 20 heavy (non-hydrogen) atoms. The molecule has 0 saturated carbocycles. The average Bonchev–Trinajstić information content (AvgIpc) is 2.44. The summed E-state index contributed by atoms with van der Waals surface area (Å²) in [6.45, 7) is 2.66. The molecule has 0 bridgehead atoms. The topological polar surface area (TPSA) is 58.6 Å². The van der Waals surface area contributed by atoms with E-state index in [4.69, 9.17) is 9.84 Å². The van der Waals surface area contributed by atoms with E-state index >= 15 is 0 Å². The molecule has 2 N–H and O–H groups in total. The number of phenols is 1. The highest BCUT2D eigenvalue weighted by Gasteiger charge is 2.02. The first-order valence-corrected chi connectivity index (χ1v) is 7.45. The number of hydrogen-bond donors (Lipinski definition) is 2. The van der Waals surface area contributed by atoms with Gasteiger partial charge in [0.15, 0.2) is 0 Å². The van der Waals surface area contributed by atoms with E-state index in [1.54, 1.807) is 12.1 Å². The lowest BCUT2D eigenvalue weighted by Gasteiger charge is -2.07. The molecule has 0 fully saturated rings. The molecule has 4 heteroatoms. The standard InChI is InChI=1S/C16H25NO3/c1-2-3-4-5-6-7-8-13-20-16(19)17-14-9-11-15(18)12-10-14/h9-12,18H,2-8,13H2,1H3,(H,17,19). The minimum absolute atomic E-state index is 0.173. The van der Waals surface area contributed by atoms with Crippen LogP contribution in [-0.2, 0) is 4.74 Å². The number of ether oxygens (including phenoxy) is 1. The molecule has 0 spiro atoms. The van der Waals surface area contributed by atoms with Gasteiger partial charge in [0.25, 0.3) is 0 Å². The molecule has 112 valence electrons. The molecule has 1 amide bonds. The van der Waals surface area contributed by atoms with Crippen molar-refractivity contribution in [2.75, 3.05) is 11.9 Å². The molecule has 1 aromatic rings. The lowest BCUT2D eigenvalue weighted by atomic mass is 10.1. The fourth-order valence-electron chi connectivity index (χ4n) is 1.92. The first-order valence-electron chi connectivity index (χ1n) is 7.45. The van der Waals surface area contributed by atoms with Crippen LogP contribution in [0, 0.1) is 0 Å². The summed E-state index contributed by atoms with van der Waals surface area (Å²) in [5, 5.41) is 11.7. The minimum atomic E-state index is -0.443. The number of benzene rings is 1. The number of phenolic OH excluding ortho intramolecular Hbond substituents is 1. The summed E-state index contributed by atoms with van der Waals surface area (Å²) in [6.07, 6.45) is 7.94. The highest BCUT2D eigenvalue weighted by molar-refractivity contribution is 5.84. The number of aromatic hydroxyl groups is 1. The van der Waals surface area contributed by atoms with Crippen molar-refractivity contribution >= 4 is 11.8 Å². The van der Waals surface area contributed by atoms with E-state index in [2.05, 4.69) is 12.2 Å². The Morgan fingerprint density at radius 2 is 1.65 bits per heavy atom. The van der Waals surface area contributed by atoms with Crippen molar-refractivity contribution in [2.24, 2.45) is 0 Å². The van der Waals surface area contributed by atoms with Crippen molar-refractivity contribution in [2.45, 2.75) is 51.9 Å². The maximum atomic E-state index is 11.5. The first-order chi connectivity index (χ1) is 9.72. The van der Waals surface area contributed by atoms with Crippen LogP contribution >= 0.6 is 0 Å². The summed E-state index contributed by atoms with van der Waals surface area (Å²) in [6, 6.07) is 6.30. The molecule has 0 saturated heterocycles. The van der Waals surface area contributed by atoms with Crippen LogP contribution in [0.2, 0.25) is 0 Å². The van der Waals surface area contributed by atoms with Gasteiger partial charge in [0.1, 0.15) is 5.75 Å². The molecular formula is C16H25NO3. The Balaban J connectivity index is 2.01. The van der Waals surface area contributed by atoms with Gasteiger partial charge in [-0.25, -0.2) is 4.79 Å². The Morgan fingerprint density at radius 1 is 1.05 bits per heavy atom. The van der Waals surface area contributed by atoms with Gasteiger partial charge < -0.3 is 9.84 Å². The molecule has 0 unspecified atom stereocenters. The lowest BCUT2D eigenvalue weighted by molar-refractivity contribution is 0.159. The summed E-state index contributed by atoms with van der Waals surface area (Å²) in [5.74, 6) is 0.173. The van der Waals surface area contributed by atoms with Gasteiger partial charge in [-0.2, -0.15) is 0 Å². The molecule has 0 aromatic heterocycles. The predicted molar refractivity (Wildman–Crippen MR) is 81.1 cm³/mol. The molecule has 0 aliphatic heterocycles. The van der Waals surface area contributed by atoms with Gasteiger partial charge in [0.05, 0.1) is 6.61 Å². The average molecular weight is 279 g/mol. The van der Waals surface area contributed by atoms with Gasteiger partial charge in [-0.3, -0.25) is 5.32 Å². The molecule has 0 radical (unpaired) electrons. The summed E-state index contributed by atoms with van der Waals surface area (Å²) in [7, 11) is 0. The quantitative estimate of drug-likeness (QED) is 0.509. The summed E-state index contributed by atoms with van der Waals surface area (Å²) >= 11 is 0. The van der Waals surface area contributed by atoms with Gasteiger partial charge >= 0.3 is 6.09 Å². The third kappa shape index (κ3) is 7.67. The molecule has 0 heterocycles. The highest BCUT2D eigenvalue weighted by Crippen LogP contribution is 2.14. The second-order valence-corrected chi connectivity index (χ2v) is 4.93. The van der Waals surface area contributed by atoms with Crippen molar-refractivity contribution in [3.63, 3.8) is 0 Å². The SMILES string of the molecule is CCCCCCCCCOC(=O)Nc1ccc(O)cc1. The van der Waals surface area contributed by atoms with Gasteiger partial charge in [0.2, 0.25) is 0 Å². The van der Waals surface area contributed by atoms with Crippen LogP contribution in [0.5, 0.6) is 5.75 Å². The largest absolute Gasteiger partial charge is 0.508 e. The van der Waals surface area contributed by atoms with Crippen LogP contribution in [0.25, 0.3) is 0 Å². The Hall–Kier alpha value is -1.71. The number of carbonyl (C=O) groups excluding carboxylic acids is 1. The molecule has 1 aromatic carbocycles. The highest BCUT2D eigenvalue weighted by atomic mass is 16.5. The second kappa shape index (κ2) is 10.1. The van der Waals surface area contributed by atoms with E-state index in [0.29, 0.717) is 12.3 Å². The number of anilines is 1. The Bertz CT molecular complexity index is 376. The summed E-state index contributed by atoms with van der Waals surface area (Å²) in [4.78, 5) is 11.5. The number of hydrogen-bond acceptors (Lipinski definition) is 3. The van der Waals surface area contributed by atoms with Crippen molar-refractivity contribution in [1.82, 2.24) is 0 Å². The smallest absolute Gasteiger partial charge is 0.411 e. The van der Waals surface area contributed by atoms with E-state index < -0.39 is 6.09 Å². The molecule has 0 aliphatic carbocycles. The van der Waals surface area contributed by atoms with E-state index in [-0.39, 0.29) is 5.75 Å². The van der Waals surface area contributed by atoms with Crippen LogP contribution in [0.3, 0.4) is 0 Å². The summed E-state index contributed by atoms with van der Waals surface area (Å²) < 4.78 is 5.09. The van der Waals surface area contributed by atoms with Crippen LogP contribution < -0.4 is 5.32 Å². The molecule has 1 rings (SSSR count). The zero-order valence-electron chi connectivity index (χ0n) is 12.2. The van der Waals surface area contributed by atoms with Crippen LogP contribution in [0.1, 0.15) is 51.9 Å². The van der Waals surface area contributed by atoms with Gasteiger partial charge in [-0.05, 0) is 30.7 Å². The zero-order valence-corrected chi connectivity index (χ0v) is 12.2. The van der Waals surface area contributed by atoms with Crippen molar-refractivity contribution in [3.05, 3.63) is 24.3 Å². The number of nitrogens with one attached hydrogen (secondary N) is 1. The third-order valence-corrected chi connectivity index (χ3v) is 3.09. The van der Waals surface area contributed by atoms with Crippen LogP contribution in [0.15, 0.2) is 24.3 Å². The fraction of sp³-hybridized carbons (Fsp3) is 0.562. The van der Waals surface area contributed by atoms with E-state index in [1.165, 1.54) is 44.2 Å². The predicted octanol–water partition coefficient (Wildman–Crippen LogP) is 4.69. The normalized spacial score (nSPS) is 10.2. The maximum Gasteiger partial charge on any atom is 0.411 e. The van der Waals surface area contributed by atoms with E-state index in [0.717, 1.165) is 12.8 Å². The van der Waals surface area contributed by atoms with Gasteiger partial charge in [-0.15, -0.1) is 0 Å². The van der Waals surface area contributed by atoms with Crippen LogP contribution in [0.4, 0.5) is 10.5 Å². The van der Waals surface area contributed by atoms with Gasteiger partial charge in [-0.1, -0.05) is 45.4 Å².